The van der Waals surface area contributed by atoms with Crippen molar-refractivity contribution in [1.82, 2.24) is 0 Å². The molecule has 0 aliphatic heterocycles. The minimum atomic E-state index is 0.887. The molecule has 0 atom stereocenters. The minimum absolute atomic E-state index is 0.887. The summed E-state index contributed by atoms with van der Waals surface area (Å²) in [5.74, 6) is 0.887. The lowest BCUT2D eigenvalue weighted by molar-refractivity contribution is 0.426. The lowest BCUT2D eigenvalue weighted by Crippen LogP contribution is -2.10. The Labute approximate surface area is 339 Å². The van der Waals surface area contributed by atoms with Crippen molar-refractivity contribution in [2.24, 2.45) is 5.92 Å². The molecule has 0 aromatic heterocycles. The molecule has 0 nitrogen and oxygen atoms in total. The lowest BCUT2D eigenvalue weighted by Gasteiger charge is -2.26. The standard InChI is InChI=1S/C53H106/c1-6-11-16-21-26-31-36-41-46-51(47-42-37-32-27-22-17-12-7-2)53(50-45-40-35-30-25-20-15-10-5)52(48-43-38-33-28-23-18-13-8-3)49-44-39-34-29-24-19-14-9-4/h51H,6-50H2,1-5H3. The normalized spacial score (nSPS) is 11.7. The van der Waals surface area contributed by atoms with E-state index in [0.29, 0.717) is 0 Å². The predicted molar refractivity (Wildman–Crippen MR) is 247 cm³/mol. The predicted octanol–water partition coefficient (Wildman–Crippen LogP) is 20.6. The molecule has 0 N–H and O–H groups in total. The molecule has 0 unspecified atom stereocenters. The van der Waals surface area contributed by atoms with E-state index in [1.807, 2.05) is 11.1 Å². The third-order valence-corrected chi connectivity index (χ3v) is 12.7. The molecule has 318 valence electrons. The average molecular weight is 743 g/mol. The van der Waals surface area contributed by atoms with Crippen LogP contribution in [0.5, 0.6) is 0 Å². The summed E-state index contributed by atoms with van der Waals surface area (Å²) in [7, 11) is 0. The number of hydrogen-bond donors (Lipinski definition) is 0. The molecule has 0 saturated carbocycles. The van der Waals surface area contributed by atoms with Crippen molar-refractivity contribution >= 4 is 0 Å². The molecular weight excluding hydrogens is 637 g/mol. The fourth-order valence-corrected chi connectivity index (χ4v) is 9.05. The summed E-state index contributed by atoms with van der Waals surface area (Å²) in [4.78, 5) is 0. The molecule has 0 aromatic rings. The summed E-state index contributed by atoms with van der Waals surface area (Å²) in [6.07, 6.45) is 65.5. The summed E-state index contributed by atoms with van der Waals surface area (Å²) in [6, 6.07) is 0. The van der Waals surface area contributed by atoms with Gasteiger partial charge in [0.15, 0.2) is 0 Å². The highest BCUT2D eigenvalue weighted by molar-refractivity contribution is 5.18. The van der Waals surface area contributed by atoms with E-state index in [0.717, 1.165) is 5.92 Å². The Morgan fingerprint density at radius 3 is 0.698 bits per heavy atom. The maximum absolute atomic E-state index is 2.35. The first-order valence-electron chi connectivity index (χ1n) is 26.0. The molecule has 0 aliphatic carbocycles. The van der Waals surface area contributed by atoms with Gasteiger partial charge in [0.25, 0.3) is 0 Å². The zero-order valence-electron chi connectivity index (χ0n) is 38.4. The minimum Gasteiger partial charge on any atom is -0.0707 e. The van der Waals surface area contributed by atoms with Crippen molar-refractivity contribution in [2.75, 3.05) is 0 Å². The summed E-state index contributed by atoms with van der Waals surface area (Å²) in [5, 5.41) is 0. The van der Waals surface area contributed by atoms with Gasteiger partial charge in [0.05, 0.1) is 0 Å². The quantitative estimate of drug-likeness (QED) is 0.0430. The van der Waals surface area contributed by atoms with Crippen LogP contribution in [0, 0.1) is 5.92 Å². The third-order valence-electron chi connectivity index (χ3n) is 12.7. The van der Waals surface area contributed by atoms with Gasteiger partial charge >= 0.3 is 0 Å². The van der Waals surface area contributed by atoms with E-state index in [4.69, 9.17) is 0 Å². The van der Waals surface area contributed by atoms with E-state index in [1.54, 1.807) is 0 Å². The lowest BCUT2D eigenvalue weighted by atomic mass is 9.80. The van der Waals surface area contributed by atoms with Gasteiger partial charge in [-0.1, -0.05) is 283 Å². The van der Waals surface area contributed by atoms with Crippen LogP contribution < -0.4 is 0 Å². The monoisotopic (exact) mass is 743 g/mol. The number of allylic oxidation sites excluding steroid dienone is 2. The second kappa shape index (κ2) is 46.1. The molecule has 0 rings (SSSR count). The number of unbranched alkanes of at least 4 members (excludes halogenated alkanes) is 35. The molecule has 0 heterocycles. The Morgan fingerprint density at radius 1 is 0.226 bits per heavy atom. The second-order valence-electron chi connectivity index (χ2n) is 18.0. The van der Waals surface area contributed by atoms with Gasteiger partial charge in [0, 0.05) is 0 Å². The van der Waals surface area contributed by atoms with Crippen molar-refractivity contribution in [3.8, 4) is 0 Å². The first kappa shape index (κ1) is 52.7. The van der Waals surface area contributed by atoms with E-state index in [2.05, 4.69) is 34.6 Å². The topological polar surface area (TPSA) is 0 Å². The van der Waals surface area contributed by atoms with Gasteiger partial charge in [-0.05, 0) is 57.3 Å². The molecule has 53 heavy (non-hydrogen) atoms. The van der Waals surface area contributed by atoms with E-state index in [9.17, 15) is 0 Å². The second-order valence-corrected chi connectivity index (χ2v) is 18.0. The largest absolute Gasteiger partial charge is 0.0707 e. The highest BCUT2D eigenvalue weighted by Gasteiger charge is 2.19. The van der Waals surface area contributed by atoms with Crippen molar-refractivity contribution in [1.29, 1.82) is 0 Å². The highest BCUT2D eigenvalue weighted by Crippen LogP contribution is 2.35. The van der Waals surface area contributed by atoms with Crippen LogP contribution in [0.2, 0.25) is 0 Å². The summed E-state index contributed by atoms with van der Waals surface area (Å²) < 4.78 is 0. The number of hydrogen-bond acceptors (Lipinski definition) is 0. The van der Waals surface area contributed by atoms with Crippen molar-refractivity contribution < 1.29 is 0 Å². The van der Waals surface area contributed by atoms with Crippen molar-refractivity contribution in [3.05, 3.63) is 11.1 Å². The van der Waals surface area contributed by atoms with Crippen LogP contribution in [0.3, 0.4) is 0 Å². The molecular formula is C53H106. The Kier molecular flexibility index (Phi) is 45.9. The SMILES string of the molecule is CCCCCCCCCCC(CCCCCCCCCC)=C(CCCCCCCCCC)C(CCCCCCCCCC)CCCCCCCCCC. The zero-order valence-corrected chi connectivity index (χ0v) is 38.4. The fraction of sp³-hybridized carbons (Fsp3) is 0.962. The van der Waals surface area contributed by atoms with Gasteiger partial charge in [0.1, 0.15) is 0 Å². The van der Waals surface area contributed by atoms with Gasteiger partial charge in [-0.15, -0.1) is 0 Å². The molecule has 0 radical (unpaired) electrons. The fourth-order valence-electron chi connectivity index (χ4n) is 9.05. The number of rotatable bonds is 46. The first-order valence-corrected chi connectivity index (χ1v) is 26.0. The van der Waals surface area contributed by atoms with Gasteiger partial charge in [0.2, 0.25) is 0 Å². The zero-order chi connectivity index (χ0) is 38.6. The molecule has 0 spiro atoms. The maximum atomic E-state index is 2.35. The van der Waals surface area contributed by atoms with Crippen LogP contribution in [0.15, 0.2) is 11.1 Å². The Balaban J connectivity index is 5.78. The van der Waals surface area contributed by atoms with Crippen LogP contribution in [-0.4, -0.2) is 0 Å². The van der Waals surface area contributed by atoms with Crippen LogP contribution in [-0.2, 0) is 0 Å². The molecule has 0 heteroatoms. The van der Waals surface area contributed by atoms with Gasteiger partial charge < -0.3 is 0 Å². The van der Waals surface area contributed by atoms with Crippen LogP contribution in [0.25, 0.3) is 0 Å². The Hall–Kier alpha value is -0.260. The molecule has 0 amide bonds. The molecule has 0 fully saturated rings. The van der Waals surface area contributed by atoms with Crippen LogP contribution in [0.4, 0.5) is 0 Å². The van der Waals surface area contributed by atoms with Crippen molar-refractivity contribution in [2.45, 2.75) is 324 Å². The summed E-state index contributed by atoms with van der Waals surface area (Å²) in [6.45, 7) is 11.8. The van der Waals surface area contributed by atoms with E-state index < -0.39 is 0 Å². The molecule has 0 saturated heterocycles. The Morgan fingerprint density at radius 2 is 0.434 bits per heavy atom. The molecule has 0 aromatic carbocycles. The first-order chi connectivity index (χ1) is 26.2. The van der Waals surface area contributed by atoms with Gasteiger partial charge in [-0.3, -0.25) is 0 Å². The van der Waals surface area contributed by atoms with E-state index in [-0.39, 0.29) is 0 Å². The van der Waals surface area contributed by atoms with Crippen LogP contribution >= 0.6 is 0 Å². The summed E-state index contributed by atoms with van der Waals surface area (Å²) >= 11 is 0. The van der Waals surface area contributed by atoms with Gasteiger partial charge in [-0.2, -0.15) is 0 Å². The smallest absolute Gasteiger partial charge is 0.0201 e. The van der Waals surface area contributed by atoms with Crippen LogP contribution in [0.1, 0.15) is 324 Å². The van der Waals surface area contributed by atoms with E-state index in [1.165, 1.54) is 289 Å². The third kappa shape index (κ3) is 38.4. The van der Waals surface area contributed by atoms with E-state index >= 15 is 0 Å². The Bertz CT molecular complexity index is 644. The van der Waals surface area contributed by atoms with Gasteiger partial charge in [-0.25, -0.2) is 0 Å². The molecule has 0 bridgehead atoms. The maximum Gasteiger partial charge on any atom is -0.0201 e. The molecule has 0 aliphatic rings. The highest BCUT2D eigenvalue weighted by atomic mass is 14.2. The average Bonchev–Trinajstić information content (AvgIpc) is 3.17. The summed E-state index contributed by atoms with van der Waals surface area (Å²) in [5.41, 5.74) is 4.03. The van der Waals surface area contributed by atoms with Crippen molar-refractivity contribution in [3.63, 3.8) is 0 Å².